The lowest BCUT2D eigenvalue weighted by molar-refractivity contribution is -0.124. The number of amides is 1. The molecule has 0 atom stereocenters. The molecule has 4 rings (SSSR count). The van der Waals surface area contributed by atoms with Crippen molar-refractivity contribution in [3.8, 4) is 0 Å². The number of carbonyl (C=O) groups excluding carboxylic acids is 1. The molecular formula is C16H19NO2. The number of fused-ring (bicyclic) bond motifs is 2. The highest BCUT2D eigenvalue weighted by Crippen LogP contribution is 2.75. The highest BCUT2D eigenvalue weighted by Gasteiger charge is 2.74. The molecule has 1 N–H and O–H groups in total. The van der Waals surface area contributed by atoms with Gasteiger partial charge in [0.2, 0.25) is 5.91 Å². The van der Waals surface area contributed by atoms with Crippen LogP contribution in [0.4, 0.5) is 0 Å². The Morgan fingerprint density at radius 3 is 3.00 bits per heavy atom. The number of hydrogen-bond donors (Lipinski definition) is 1. The molecule has 3 heteroatoms. The van der Waals surface area contributed by atoms with Crippen molar-refractivity contribution in [2.24, 2.45) is 11.3 Å². The lowest BCUT2D eigenvalue weighted by Gasteiger charge is -2.17. The lowest BCUT2D eigenvalue weighted by Crippen LogP contribution is -2.29. The number of carbonyl (C=O) groups is 1. The summed E-state index contributed by atoms with van der Waals surface area (Å²) in [6, 6.07) is 6.63. The SMILES string of the molecule is O=C(NCCc1ccc2c(c1)COCC2)C12CC1C2. The van der Waals surface area contributed by atoms with Crippen molar-refractivity contribution in [3.63, 3.8) is 0 Å². The Labute approximate surface area is 113 Å². The Bertz CT molecular complexity index is 532. The Hall–Kier alpha value is -1.35. The van der Waals surface area contributed by atoms with Crippen molar-refractivity contribution >= 4 is 5.91 Å². The van der Waals surface area contributed by atoms with Crippen molar-refractivity contribution < 1.29 is 9.53 Å². The van der Waals surface area contributed by atoms with E-state index in [1.165, 1.54) is 16.7 Å². The third kappa shape index (κ3) is 1.96. The van der Waals surface area contributed by atoms with E-state index in [0.29, 0.717) is 5.91 Å². The summed E-state index contributed by atoms with van der Waals surface area (Å²) in [5, 5.41) is 3.09. The van der Waals surface area contributed by atoms with Gasteiger partial charge in [-0.05, 0) is 48.3 Å². The smallest absolute Gasteiger partial charge is 0.226 e. The van der Waals surface area contributed by atoms with Gasteiger partial charge in [0.05, 0.1) is 18.6 Å². The van der Waals surface area contributed by atoms with Gasteiger partial charge in [-0.2, -0.15) is 0 Å². The summed E-state index contributed by atoms with van der Waals surface area (Å²) in [5.41, 5.74) is 4.13. The van der Waals surface area contributed by atoms with Crippen LogP contribution < -0.4 is 5.32 Å². The van der Waals surface area contributed by atoms with Crippen molar-refractivity contribution in [1.29, 1.82) is 0 Å². The molecule has 3 aliphatic rings. The van der Waals surface area contributed by atoms with E-state index in [0.717, 1.165) is 51.4 Å². The monoisotopic (exact) mass is 257 g/mol. The fraction of sp³-hybridized carbons (Fsp3) is 0.562. The number of rotatable bonds is 4. The van der Waals surface area contributed by atoms with Gasteiger partial charge in [-0.15, -0.1) is 0 Å². The van der Waals surface area contributed by atoms with Crippen molar-refractivity contribution in [3.05, 3.63) is 34.9 Å². The summed E-state index contributed by atoms with van der Waals surface area (Å²) in [5.74, 6) is 1.02. The second kappa shape index (κ2) is 4.07. The highest BCUT2D eigenvalue weighted by atomic mass is 16.5. The highest BCUT2D eigenvalue weighted by molar-refractivity contribution is 5.89. The predicted molar refractivity (Wildman–Crippen MR) is 71.7 cm³/mol. The molecule has 0 spiro atoms. The van der Waals surface area contributed by atoms with E-state index in [-0.39, 0.29) is 5.41 Å². The average molecular weight is 257 g/mol. The zero-order valence-corrected chi connectivity index (χ0v) is 11.1. The molecule has 0 aromatic heterocycles. The third-order valence-electron chi connectivity index (χ3n) is 4.88. The molecule has 1 heterocycles. The first-order valence-electron chi connectivity index (χ1n) is 7.25. The Morgan fingerprint density at radius 2 is 2.21 bits per heavy atom. The quantitative estimate of drug-likeness (QED) is 0.893. The van der Waals surface area contributed by atoms with Gasteiger partial charge in [-0.1, -0.05) is 18.2 Å². The van der Waals surface area contributed by atoms with Crippen LogP contribution in [0.2, 0.25) is 0 Å². The minimum Gasteiger partial charge on any atom is -0.376 e. The number of nitrogens with one attached hydrogen (secondary N) is 1. The Morgan fingerprint density at radius 1 is 1.37 bits per heavy atom. The molecule has 0 unspecified atom stereocenters. The van der Waals surface area contributed by atoms with Crippen LogP contribution in [0.3, 0.4) is 0 Å². The first-order chi connectivity index (χ1) is 9.28. The Kier molecular flexibility index (Phi) is 2.46. The van der Waals surface area contributed by atoms with Crippen LogP contribution in [0, 0.1) is 11.3 Å². The normalized spacial score (nSPS) is 30.2. The largest absolute Gasteiger partial charge is 0.376 e. The van der Waals surface area contributed by atoms with Gasteiger partial charge in [-0.3, -0.25) is 4.79 Å². The van der Waals surface area contributed by atoms with Crippen LogP contribution in [-0.4, -0.2) is 19.1 Å². The van der Waals surface area contributed by atoms with E-state index in [4.69, 9.17) is 4.74 Å². The van der Waals surface area contributed by atoms with Gasteiger partial charge >= 0.3 is 0 Å². The molecule has 2 aliphatic carbocycles. The molecule has 0 saturated heterocycles. The van der Waals surface area contributed by atoms with Crippen LogP contribution >= 0.6 is 0 Å². The molecule has 1 aromatic rings. The Balaban J connectivity index is 1.33. The maximum atomic E-state index is 11.9. The van der Waals surface area contributed by atoms with Gasteiger partial charge in [-0.25, -0.2) is 0 Å². The van der Waals surface area contributed by atoms with Gasteiger partial charge in [0, 0.05) is 6.54 Å². The second-order valence-corrected chi connectivity index (χ2v) is 6.17. The average Bonchev–Trinajstić information content (AvgIpc) is 3.27. The summed E-state index contributed by atoms with van der Waals surface area (Å²) >= 11 is 0. The summed E-state index contributed by atoms with van der Waals surface area (Å²) in [7, 11) is 0. The zero-order valence-electron chi connectivity index (χ0n) is 11.1. The van der Waals surface area contributed by atoms with Crippen LogP contribution in [0.25, 0.3) is 0 Å². The minimum atomic E-state index is 0.101. The first-order valence-corrected chi connectivity index (χ1v) is 7.25. The summed E-state index contributed by atoms with van der Waals surface area (Å²) in [6.07, 6.45) is 4.21. The maximum Gasteiger partial charge on any atom is 0.226 e. The summed E-state index contributed by atoms with van der Waals surface area (Å²) in [4.78, 5) is 11.9. The molecule has 1 aliphatic heterocycles. The van der Waals surface area contributed by atoms with Crippen molar-refractivity contribution in [1.82, 2.24) is 5.32 Å². The molecule has 3 nitrogen and oxygen atoms in total. The van der Waals surface area contributed by atoms with E-state index in [1.807, 2.05) is 0 Å². The molecule has 1 amide bonds. The number of benzene rings is 1. The number of ether oxygens (including phenoxy) is 1. The van der Waals surface area contributed by atoms with Gasteiger partial charge in [0.1, 0.15) is 0 Å². The topological polar surface area (TPSA) is 38.3 Å². The zero-order chi connectivity index (χ0) is 12.9. The maximum absolute atomic E-state index is 11.9. The van der Waals surface area contributed by atoms with Crippen LogP contribution in [0.15, 0.2) is 18.2 Å². The molecular weight excluding hydrogens is 238 g/mol. The van der Waals surface area contributed by atoms with Gasteiger partial charge < -0.3 is 10.1 Å². The van der Waals surface area contributed by atoms with E-state index in [2.05, 4.69) is 23.5 Å². The summed E-state index contributed by atoms with van der Waals surface area (Å²) < 4.78 is 5.48. The van der Waals surface area contributed by atoms with E-state index < -0.39 is 0 Å². The molecule has 2 saturated carbocycles. The molecule has 0 bridgehead atoms. The minimum absolute atomic E-state index is 0.101. The molecule has 19 heavy (non-hydrogen) atoms. The van der Waals surface area contributed by atoms with Crippen LogP contribution in [0.5, 0.6) is 0 Å². The second-order valence-electron chi connectivity index (χ2n) is 6.17. The van der Waals surface area contributed by atoms with Gasteiger partial charge in [0.15, 0.2) is 0 Å². The van der Waals surface area contributed by atoms with E-state index in [1.54, 1.807) is 0 Å². The van der Waals surface area contributed by atoms with Gasteiger partial charge in [0.25, 0.3) is 0 Å². The van der Waals surface area contributed by atoms with Crippen molar-refractivity contribution in [2.45, 2.75) is 32.3 Å². The van der Waals surface area contributed by atoms with Crippen LogP contribution in [-0.2, 0) is 29.0 Å². The predicted octanol–water partition coefficient (Wildman–Crippen LogP) is 1.83. The van der Waals surface area contributed by atoms with E-state index in [9.17, 15) is 4.79 Å². The van der Waals surface area contributed by atoms with Crippen LogP contribution in [0.1, 0.15) is 29.5 Å². The fourth-order valence-electron chi connectivity index (χ4n) is 3.15. The van der Waals surface area contributed by atoms with E-state index >= 15 is 0 Å². The first kappa shape index (κ1) is 11.5. The molecule has 1 aromatic carbocycles. The van der Waals surface area contributed by atoms with Crippen molar-refractivity contribution in [2.75, 3.05) is 13.2 Å². The fourth-order valence-corrected chi connectivity index (χ4v) is 3.15. The number of hydrogen-bond acceptors (Lipinski definition) is 2. The molecule has 2 fully saturated rings. The molecule has 0 radical (unpaired) electrons. The summed E-state index contributed by atoms with van der Waals surface area (Å²) in [6.45, 7) is 2.33. The standard InChI is InChI=1S/C16H19NO2/c18-15(16-8-14(16)9-16)17-5-3-11-1-2-12-4-6-19-10-13(12)7-11/h1-2,7,14H,3-6,8-10H2,(H,17,18). The molecule has 100 valence electrons. The third-order valence-corrected chi connectivity index (χ3v) is 4.88. The lowest BCUT2D eigenvalue weighted by atomic mass is 9.99.